The largest absolute Gasteiger partial charge is 0.628 e. The van der Waals surface area contributed by atoms with Gasteiger partial charge in [0, 0.05) is 18.0 Å². The van der Waals surface area contributed by atoms with Gasteiger partial charge in [-0.1, -0.05) is 18.2 Å². The number of benzene rings is 1. The predicted octanol–water partition coefficient (Wildman–Crippen LogP) is -0.255. The molecule has 0 spiro atoms. The molecule has 1 aliphatic heterocycles. The Morgan fingerprint density at radius 1 is 1.32 bits per heavy atom. The standard InChI is InChI=1S/C19H19N7O5/c27-8-13-12(28)7-14(31-13)26-16-15(17(29)24-18(23-16)25-30)22-19(26)21-11-5-6-20-10-4-2-1-3-9(10)11/h1-6,12-14,27-28H,7-8,25H2,(H,20,21,22)(H,23,24,29)/t12-,13+,14+/m0/s1. The molecule has 0 amide bonds. The minimum Gasteiger partial charge on any atom is -0.628 e. The Bertz CT molecular complexity index is 1310. The van der Waals surface area contributed by atoms with Crippen LogP contribution in [0.1, 0.15) is 12.6 Å². The number of aliphatic hydroxyl groups is 2. The van der Waals surface area contributed by atoms with E-state index in [1.807, 2.05) is 24.3 Å². The number of para-hydroxylation sites is 1. The van der Waals surface area contributed by atoms with E-state index in [1.165, 1.54) is 4.57 Å². The number of hydrogen-bond acceptors (Lipinski definition) is 9. The highest BCUT2D eigenvalue weighted by Gasteiger charge is 2.37. The summed E-state index contributed by atoms with van der Waals surface area (Å²) >= 11 is 0. The monoisotopic (exact) mass is 425 g/mol. The highest BCUT2D eigenvalue weighted by Crippen LogP contribution is 2.35. The topological polar surface area (TPSA) is 178 Å². The molecule has 31 heavy (non-hydrogen) atoms. The molecule has 12 heteroatoms. The first-order valence-electron chi connectivity index (χ1n) is 9.61. The van der Waals surface area contributed by atoms with Crippen molar-refractivity contribution >= 4 is 39.7 Å². The van der Waals surface area contributed by atoms with Gasteiger partial charge in [0.05, 0.1) is 23.9 Å². The maximum atomic E-state index is 12.5. The number of ether oxygens (including phenoxy) is 1. The third kappa shape index (κ3) is 3.32. The first kappa shape index (κ1) is 19.5. The molecule has 0 radical (unpaired) electrons. The van der Waals surface area contributed by atoms with Crippen LogP contribution in [0.15, 0.2) is 41.3 Å². The summed E-state index contributed by atoms with van der Waals surface area (Å²) in [6.07, 6.45) is -0.668. The Morgan fingerprint density at radius 2 is 2.16 bits per heavy atom. The lowest BCUT2D eigenvalue weighted by molar-refractivity contribution is -0.505. The Labute approximate surface area is 174 Å². The van der Waals surface area contributed by atoms with Crippen molar-refractivity contribution in [1.29, 1.82) is 0 Å². The molecular formula is C19H19N7O5. The smallest absolute Gasteiger partial charge is 0.308 e. The number of nitrogens with zero attached hydrogens (tertiary/aromatic N) is 4. The molecule has 160 valence electrons. The minimum atomic E-state index is -0.908. The number of rotatable bonds is 5. The van der Waals surface area contributed by atoms with Crippen molar-refractivity contribution in [2.75, 3.05) is 11.9 Å². The van der Waals surface area contributed by atoms with Crippen LogP contribution in [0.5, 0.6) is 0 Å². The molecule has 3 aromatic heterocycles. The highest BCUT2D eigenvalue weighted by molar-refractivity contribution is 5.92. The van der Waals surface area contributed by atoms with Gasteiger partial charge < -0.3 is 31.0 Å². The second kappa shape index (κ2) is 7.68. The molecule has 1 aliphatic rings. The van der Waals surface area contributed by atoms with Crippen LogP contribution in [0.25, 0.3) is 22.1 Å². The molecule has 0 unspecified atom stereocenters. The van der Waals surface area contributed by atoms with Crippen LogP contribution >= 0.6 is 0 Å². The van der Waals surface area contributed by atoms with Crippen LogP contribution in [0.4, 0.5) is 17.6 Å². The summed E-state index contributed by atoms with van der Waals surface area (Å²) in [6, 6.07) is 9.28. The summed E-state index contributed by atoms with van der Waals surface area (Å²) in [5.74, 6) is 0.0833. The molecule has 1 saturated heterocycles. The molecule has 0 bridgehead atoms. The van der Waals surface area contributed by atoms with Crippen molar-refractivity contribution < 1.29 is 20.4 Å². The second-order valence-electron chi connectivity index (χ2n) is 7.16. The average Bonchev–Trinajstić information content (AvgIpc) is 3.33. The summed E-state index contributed by atoms with van der Waals surface area (Å²) in [5, 5.41) is 35.0. The molecule has 5 rings (SSSR count). The van der Waals surface area contributed by atoms with Gasteiger partial charge in [0.2, 0.25) is 5.95 Å². The fourth-order valence-corrected chi connectivity index (χ4v) is 3.78. The zero-order valence-corrected chi connectivity index (χ0v) is 16.1. The molecule has 12 nitrogen and oxygen atoms in total. The van der Waals surface area contributed by atoms with Crippen molar-refractivity contribution in [3.05, 3.63) is 52.1 Å². The maximum absolute atomic E-state index is 12.5. The molecular weight excluding hydrogens is 406 g/mol. The van der Waals surface area contributed by atoms with E-state index in [-0.39, 0.29) is 36.1 Å². The SMILES string of the molecule is O=c1[nH]c([NH2+][O-])nc2c1nc(Nc1ccnc3ccccc13)n2[C@H]1C[C@H](O)[C@@H](CO)O1. The van der Waals surface area contributed by atoms with Gasteiger partial charge in [-0.3, -0.25) is 19.3 Å². The second-order valence-corrected chi connectivity index (χ2v) is 7.16. The van der Waals surface area contributed by atoms with Crippen molar-refractivity contribution in [2.24, 2.45) is 0 Å². The van der Waals surface area contributed by atoms with Crippen LogP contribution in [0.2, 0.25) is 0 Å². The van der Waals surface area contributed by atoms with Crippen LogP contribution in [0, 0.1) is 5.21 Å². The van der Waals surface area contributed by atoms with Gasteiger partial charge >= 0.3 is 5.95 Å². The molecule has 1 aromatic carbocycles. The Kier molecular flexibility index (Phi) is 4.84. The fourth-order valence-electron chi connectivity index (χ4n) is 3.78. The molecule has 3 atom stereocenters. The summed E-state index contributed by atoms with van der Waals surface area (Å²) in [6.45, 7) is -0.365. The number of pyridine rings is 1. The lowest BCUT2D eigenvalue weighted by Gasteiger charge is -2.17. The zero-order valence-electron chi connectivity index (χ0n) is 16.1. The molecule has 0 saturated carbocycles. The van der Waals surface area contributed by atoms with Crippen LogP contribution < -0.4 is 16.4 Å². The van der Waals surface area contributed by atoms with E-state index in [2.05, 4.69) is 25.3 Å². The quantitative estimate of drug-likeness (QED) is 0.270. The molecule has 4 heterocycles. The van der Waals surface area contributed by atoms with E-state index in [1.54, 1.807) is 12.3 Å². The van der Waals surface area contributed by atoms with E-state index in [4.69, 9.17) is 4.74 Å². The predicted molar refractivity (Wildman–Crippen MR) is 110 cm³/mol. The summed E-state index contributed by atoms with van der Waals surface area (Å²) in [5.41, 5.74) is 1.45. The number of anilines is 2. The number of imidazole rings is 1. The van der Waals surface area contributed by atoms with Gasteiger partial charge in [-0.15, -0.1) is 0 Å². The Hall–Kier alpha value is -3.42. The lowest BCUT2D eigenvalue weighted by Crippen LogP contribution is -2.71. The minimum absolute atomic E-state index is 0.0111. The third-order valence-corrected chi connectivity index (χ3v) is 5.25. The third-order valence-electron chi connectivity index (χ3n) is 5.25. The normalized spacial score (nSPS) is 21.2. The van der Waals surface area contributed by atoms with Crippen molar-refractivity contribution in [3.8, 4) is 0 Å². The summed E-state index contributed by atoms with van der Waals surface area (Å²) in [7, 11) is 0. The summed E-state index contributed by atoms with van der Waals surface area (Å²) < 4.78 is 7.30. The van der Waals surface area contributed by atoms with Gasteiger partial charge in [0.1, 0.15) is 12.3 Å². The van der Waals surface area contributed by atoms with Crippen LogP contribution in [-0.4, -0.2) is 53.5 Å². The first-order valence-corrected chi connectivity index (χ1v) is 9.61. The number of quaternary nitrogens is 1. The molecule has 0 aliphatic carbocycles. The lowest BCUT2D eigenvalue weighted by atomic mass is 10.2. The summed E-state index contributed by atoms with van der Waals surface area (Å²) in [4.78, 5) is 27.8. The maximum Gasteiger partial charge on any atom is 0.308 e. The molecule has 1 fully saturated rings. The van der Waals surface area contributed by atoms with Crippen molar-refractivity contribution in [1.82, 2.24) is 24.5 Å². The number of fused-ring (bicyclic) bond motifs is 2. The number of hydrogen-bond donors (Lipinski definition) is 5. The van der Waals surface area contributed by atoms with E-state index in [0.717, 1.165) is 10.9 Å². The van der Waals surface area contributed by atoms with Gasteiger partial charge in [0.25, 0.3) is 5.56 Å². The van der Waals surface area contributed by atoms with Gasteiger partial charge in [-0.2, -0.15) is 4.98 Å². The number of aliphatic hydroxyl groups excluding tert-OH is 2. The molecule has 6 N–H and O–H groups in total. The number of H-pyrrole nitrogens is 1. The number of nitrogens with two attached hydrogens (primary N) is 1. The zero-order chi connectivity index (χ0) is 21.5. The van der Waals surface area contributed by atoms with Crippen LogP contribution in [-0.2, 0) is 4.74 Å². The van der Waals surface area contributed by atoms with E-state index in [0.29, 0.717) is 11.2 Å². The van der Waals surface area contributed by atoms with E-state index in [9.17, 15) is 20.2 Å². The van der Waals surface area contributed by atoms with Crippen molar-refractivity contribution in [3.63, 3.8) is 0 Å². The number of aromatic amines is 1. The first-order chi connectivity index (χ1) is 15.1. The Balaban J connectivity index is 1.68. The number of nitrogens with one attached hydrogen (secondary N) is 2. The van der Waals surface area contributed by atoms with Gasteiger partial charge in [-0.05, 0) is 12.1 Å². The van der Waals surface area contributed by atoms with Crippen molar-refractivity contribution in [2.45, 2.75) is 24.9 Å². The van der Waals surface area contributed by atoms with Crippen LogP contribution in [0.3, 0.4) is 0 Å². The fraction of sp³-hybridized carbons (Fsp3) is 0.263. The number of aromatic nitrogens is 5. The van der Waals surface area contributed by atoms with E-state index >= 15 is 0 Å². The van der Waals surface area contributed by atoms with Gasteiger partial charge in [0.15, 0.2) is 11.2 Å². The van der Waals surface area contributed by atoms with Gasteiger partial charge in [-0.25, -0.2) is 4.98 Å². The Morgan fingerprint density at radius 3 is 2.94 bits per heavy atom. The molecule has 4 aromatic rings. The van der Waals surface area contributed by atoms with E-state index < -0.39 is 24.0 Å². The average molecular weight is 425 g/mol. The highest BCUT2D eigenvalue weighted by atomic mass is 16.5.